The van der Waals surface area contributed by atoms with E-state index in [2.05, 4.69) is 4.98 Å². The van der Waals surface area contributed by atoms with Crippen LogP contribution >= 0.6 is 22.9 Å². The Morgan fingerprint density at radius 1 is 1.38 bits per heavy atom. The number of thiazole rings is 1. The van der Waals surface area contributed by atoms with Gasteiger partial charge in [0.2, 0.25) is 0 Å². The van der Waals surface area contributed by atoms with Gasteiger partial charge in [-0.25, -0.2) is 0 Å². The van der Waals surface area contributed by atoms with E-state index in [1.54, 1.807) is 16.8 Å². The van der Waals surface area contributed by atoms with Gasteiger partial charge in [0.1, 0.15) is 5.60 Å². The molecule has 0 bridgehead atoms. The zero-order valence-electron chi connectivity index (χ0n) is 12.4. The molecular formula is C16H18ClNO2S. The third kappa shape index (κ3) is 4.83. The van der Waals surface area contributed by atoms with Gasteiger partial charge >= 0.3 is 5.97 Å². The smallest absolute Gasteiger partial charge is 0.306 e. The summed E-state index contributed by atoms with van der Waals surface area (Å²) in [7, 11) is 0. The van der Waals surface area contributed by atoms with E-state index in [-0.39, 0.29) is 5.97 Å². The highest BCUT2D eigenvalue weighted by Crippen LogP contribution is 2.30. The van der Waals surface area contributed by atoms with Gasteiger partial charge in [0.25, 0.3) is 0 Å². The van der Waals surface area contributed by atoms with Crippen molar-refractivity contribution in [2.45, 2.75) is 39.2 Å². The van der Waals surface area contributed by atoms with Crippen LogP contribution in [0.2, 0.25) is 5.02 Å². The summed E-state index contributed by atoms with van der Waals surface area (Å²) in [4.78, 5) is 17.0. The molecule has 0 saturated heterocycles. The van der Waals surface area contributed by atoms with Crippen LogP contribution < -0.4 is 0 Å². The minimum Gasteiger partial charge on any atom is -0.460 e. The molecule has 21 heavy (non-hydrogen) atoms. The first kappa shape index (κ1) is 16.0. The van der Waals surface area contributed by atoms with Crippen LogP contribution in [-0.4, -0.2) is 16.6 Å². The average Bonchev–Trinajstić information content (AvgIpc) is 2.88. The monoisotopic (exact) mass is 323 g/mol. The zero-order chi connectivity index (χ0) is 15.5. The number of hydrogen-bond donors (Lipinski definition) is 0. The maximum atomic E-state index is 11.8. The Labute approximate surface area is 133 Å². The van der Waals surface area contributed by atoms with E-state index < -0.39 is 5.60 Å². The van der Waals surface area contributed by atoms with E-state index in [1.165, 1.54) is 0 Å². The summed E-state index contributed by atoms with van der Waals surface area (Å²) in [5.74, 6) is -0.197. The largest absolute Gasteiger partial charge is 0.460 e. The molecule has 2 aromatic rings. The summed E-state index contributed by atoms with van der Waals surface area (Å²) in [6.07, 6.45) is 2.76. The highest BCUT2D eigenvalue weighted by Gasteiger charge is 2.17. The minimum absolute atomic E-state index is 0.197. The summed E-state index contributed by atoms with van der Waals surface area (Å²) in [6, 6.07) is 5.73. The van der Waals surface area contributed by atoms with E-state index in [0.29, 0.717) is 17.9 Å². The van der Waals surface area contributed by atoms with Gasteiger partial charge in [0.05, 0.1) is 10.4 Å². The molecule has 0 aliphatic carbocycles. The maximum absolute atomic E-state index is 11.8. The molecule has 0 spiro atoms. The molecule has 1 aromatic carbocycles. The fourth-order valence-electron chi connectivity index (χ4n) is 1.99. The van der Waals surface area contributed by atoms with Gasteiger partial charge in [0.15, 0.2) is 0 Å². The minimum atomic E-state index is -0.452. The lowest BCUT2D eigenvalue weighted by atomic mass is 10.0. The van der Waals surface area contributed by atoms with Crippen LogP contribution in [0.5, 0.6) is 0 Å². The van der Waals surface area contributed by atoms with Gasteiger partial charge < -0.3 is 4.74 Å². The number of benzene rings is 1. The lowest BCUT2D eigenvalue weighted by Crippen LogP contribution is -2.24. The second kappa shape index (κ2) is 6.58. The lowest BCUT2D eigenvalue weighted by Gasteiger charge is -2.19. The Bertz CT molecular complexity index is 618. The van der Waals surface area contributed by atoms with Crippen LogP contribution in [0, 0.1) is 0 Å². The van der Waals surface area contributed by atoms with Gasteiger partial charge in [-0.3, -0.25) is 9.78 Å². The number of halogens is 1. The second-order valence-corrected chi connectivity index (χ2v) is 7.08. The predicted octanol–water partition coefficient (Wildman–Crippen LogP) is 4.74. The third-order valence-corrected chi connectivity index (χ3v) is 3.83. The topological polar surface area (TPSA) is 39.2 Å². The van der Waals surface area contributed by atoms with Gasteiger partial charge in [0, 0.05) is 17.6 Å². The van der Waals surface area contributed by atoms with Gasteiger partial charge in [-0.15, -0.1) is 11.3 Å². The lowest BCUT2D eigenvalue weighted by molar-refractivity contribution is -0.154. The molecule has 0 atom stereocenters. The molecule has 2 rings (SSSR count). The first-order chi connectivity index (χ1) is 9.85. The molecule has 5 heteroatoms. The van der Waals surface area contributed by atoms with Crippen molar-refractivity contribution in [3.05, 3.63) is 40.5 Å². The Morgan fingerprint density at radius 3 is 2.76 bits per heavy atom. The SMILES string of the molecule is CC(C)(C)OC(=O)CCc1cc(Cl)ccc1-c1cncs1. The molecule has 0 aliphatic rings. The van der Waals surface area contributed by atoms with Crippen molar-refractivity contribution in [2.75, 3.05) is 0 Å². The maximum Gasteiger partial charge on any atom is 0.306 e. The van der Waals surface area contributed by atoms with Crippen molar-refractivity contribution >= 4 is 28.9 Å². The summed E-state index contributed by atoms with van der Waals surface area (Å²) >= 11 is 7.64. The molecule has 0 aliphatic heterocycles. The number of rotatable bonds is 4. The van der Waals surface area contributed by atoms with E-state index in [1.807, 2.05) is 45.2 Å². The van der Waals surface area contributed by atoms with Crippen molar-refractivity contribution in [1.29, 1.82) is 0 Å². The molecular weight excluding hydrogens is 306 g/mol. The second-order valence-electron chi connectivity index (χ2n) is 5.75. The van der Waals surface area contributed by atoms with Crippen LogP contribution in [0.25, 0.3) is 10.4 Å². The molecule has 3 nitrogen and oxygen atoms in total. The van der Waals surface area contributed by atoms with Crippen LogP contribution in [0.4, 0.5) is 0 Å². The first-order valence-corrected chi connectivity index (χ1v) is 8.00. The van der Waals surface area contributed by atoms with E-state index >= 15 is 0 Å². The zero-order valence-corrected chi connectivity index (χ0v) is 13.9. The fraction of sp³-hybridized carbons (Fsp3) is 0.375. The summed E-state index contributed by atoms with van der Waals surface area (Å²) in [6.45, 7) is 5.60. The quantitative estimate of drug-likeness (QED) is 0.763. The van der Waals surface area contributed by atoms with Crippen LogP contribution in [0.3, 0.4) is 0 Å². The summed E-state index contributed by atoms with van der Waals surface area (Å²) in [5, 5.41) is 0.669. The summed E-state index contributed by atoms with van der Waals surface area (Å²) in [5.41, 5.74) is 3.45. The van der Waals surface area contributed by atoms with E-state index in [0.717, 1.165) is 16.0 Å². The van der Waals surface area contributed by atoms with Crippen molar-refractivity contribution in [3.63, 3.8) is 0 Å². The number of nitrogens with zero attached hydrogens (tertiary/aromatic N) is 1. The Balaban J connectivity index is 2.13. The van der Waals surface area contributed by atoms with Gasteiger partial charge in [-0.2, -0.15) is 0 Å². The Morgan fingerprint density at radius 2 is 2.14 bits per heavy atom. The number of esters is 1. The van der Waals surface area contributed by atoms with Crippen molar-refractivity contribution in [2.24, 2.45) is 0 Å². The normalized spacial score (nSPS) is 11.4. The van der Waals surface area contributed by atoms with Crippen molar-refractivity contribution in [3.8, 4) is 10.4 Å². The average molecular weight is 324 g/mol. The first-order valence-electron chi connectivity index (χ1n) is 6.74. The van der Waals surface area contributed by atoms with Crippen molar-refractivity contribution < 1.29 is 9.53 Å². The molecule has 0 N–H and O–H groups in total. The number of carbonyl (C=O) groups excluding carboxylic acids is 1. The van der Waals surface area contributed by atoms with Crippen LogP contribution in [-0.2, 0) is 16.0 Å². The number of hydrogen-bond acceptors (Lipinski definition) is 4. The molecule has 112 valence electrons. The molecule has 1 heterocycles. The fourth-order valence-corrected chi connectivity index (χ4v) is 2.87. The van der Waals surface area contributed by atoms with Crippen LogP contribution in [0.1, 0.15) is 32.8 Å². The molecule has 1 aromatic heterocycles. The van der Waals surface area contributed by atoms with E-state index in [9.17, 15) is 4.79 Å². The Hall–Kier alpha value is -1.39. The third-order valence-electron chi connectivity index (χ3n) is 2.78. The number of ether oxygens (including phenoxy) is 1. The number of aryl methyl sites for hydroxylation is 1. The molecule has 0 amide bonds. The standard InChI is InChI=1S/C16H18ClNO2S/c1-16(2,3)20-15(19)7-4-11-8-12(17)5-6-13(11)14-9-18-10-21-14/h5-6,8-10H,4,7H2,1-3H3. The van der Waals surface area contributed by atoms with Crippen LogP contribution in [0.15, 0.2) is 29.9 Å². The van der Waals surface area contributed by atoms with Gasteiger partial charge in [-0.05, 0) is 50.5 Å². The number of aromatic nitrogens is 1. The van der Waals surface area contributed by atoms with Crippen molar-refractivity contribution in [1.82, 2.24) is 4.98 Å². The number of carbonyl (C=O) groups is 1. The van der Waals surface area contributed by atoms with E-state index in [4.69, 9.17) is 16.3 Å². The van der Waals surface area contributed by atoms with Gasteiger partial charge in [-0.1, -0.05) is 17.7 Å². The molecule has 0 fully saturated rings. The molecule has 0 unspecified atom stereocenters. The predicted molar refractivity (Wildman–Crippen MR) is 86.7 cm³/mol. The highest BCUT2D eigenvalue weighted by atomic mass is 35.5. The molecule has 0 radical (unpaired) electrons. The summed E-state index contributed by atoms with van der Waals surface area (Å²) < 4.78 is 5.34. The highest BCUT2D eigenvalue weighted by molar-refractivity contribution is 7.13. The Kier molecular flexibility index (Phi) is 5.01. The molecule has 0 saturated carbocycles.